The third-order valence-electron chi connectivity index (χ3n) is 5.12. The number of rotatable bonds is 13. The lowest BCUT2D eigenvalue weighted by Crippen LogP contribution is -2.25. The van der Waals surface area contributed by atoms with Gasteiger partial charge in [0.05, 0.1) is 18.4 Å². The summed E-state index contributed by atoms with van der Waals surface area (Å²) in [5.41, 5.74) is 1.06. The normalized spacial score (nSPS) is 13.5. The van der Waals surface area contributed by atoms with E-state index in [9.17, 15) is 19.8 Å². The van der Waals surface area contributed by atoms with Crippen molar-refractivity contribution < 1.29 is 24.5 Å². The molecule has 0 amide bonds. The zero-order valence-electron chi connectivity index (χ0n) is 17.9. The number of carboxylic acids is 2. The molecule has 1 aromatic carbocycles. The highest BCUT2D eigenvalue weighted by molar-refractivity contribution is 5.82. The number of hydrogen-bond donors (Lipinski definition) is 2. The van der Waals surface area contributed by atoms with Gasteiger partial charge in [0, 0.05) is 5.56 Å². The van der Waals surface area contributed by atoms with E-state index in [4.69, 9.17) is 4.74 Å². The highest BCUT2D eigenvalue weighted by Crippen LogP contribution is 2.40. The summed E-state index contributed by atoms with van der Waals surface area (Å²) in [6.07, 6.45) is 5.50. The number of carboxylic acid groups (broad SMARTS) is 2. The van der Waals surface area contributed by atoms with E-state index in [-0.39, 0.29) is 11.8 Å². The number of ether oxygens (including phenoxy) is 1. The highest BCUT2D eigenvalue weighted by atomic mass is 16.5. The van der Waals surface area contributed by atoms with Crippen LogP contribution >= 0.6 is 0 Å². The van der Waals surface area contributed by atoms with Crippen LogP contribution in [-0.4, -0.2) is 28.8 Å². The summed E-state index contributed by atoms with van der Waals surface area (Å²) >= 11 is 0. The van der Waals surface area contributed by atoms with Crippen molar-refractivity contribution in [2.24, 2.45) is 11.8 Å². The van der Waals surface area contributed by atoms with E-state index in [1.807, 2.05) is 27.7 Å². The molecule has 1 aromatic rings. The Balaban J connectivity index is 3.29. The first-order chi connectivity index (χ1) is 13.2. The van der Waals surface area contributed by atoms with E-state index >= 15 is 0 Å². The molecular formula is C23H36O5. The lowest BCUT2D eigenvalue weighted by atomic mass is 9.78. The minimum absolute atomic E-state index is 0.165. The van der Waals surface area contributed by atoms with Crippen LogP contribution in [0.15, 0.2) is 18.2 Å². The molecule has 0 aromatic heterocycles. The Hall–Kier alpha value is -2.04. The molecule has 2 unspecified atom stereocenters. The standard InChI is InChI=1S/C23H36O5/c1-6-7-8-9-10-14-28-18-13-11-12-17(19(15(2)3)22(24)25)21(18)20(16(4)5)23(26)27/h11-13,15-16,19-20H,6-10,14H2,1-5H3,(H,24,25)(H,26,27). The molecule has 0 saturated heterocycles. The molecule has 28 heavy (non-hydrogen) atoms. The monoisotopic (exact) mass is 392 g/mol. The number of unbranched alkanes of at least 4 members (excludes halogenated alkanes) is 4. The molecule has 0 fully saturated rings. The van der Waals surface area contributed by atoms with Gasteiger partial charge in [-0.05, 0) is 29.9 Å². The van der Waals surface area contributed by atoms with Crippen molar-refractivity contribution in [1.29, 1.82) is 0 Å². The van der Waals surface area contributed by atoms with Crippen LogP contribution < -0.4 is 4.74 Å². The summed E-state index contributed by atoms with van der Waals surface area (Å²) in [6, 6.07) is 5.27. The van der Waals surface area contributed by atoms with Crippen molar-refractivity contribution in [3.05, 3.63) is 29.3 Å². The predicted octanol–water partition coefficient (Wildman–Crippen LogP) is 5.68. The zero-order valence-corrected chi connectivity index (χ0v) is 17.9. The summed E-state index contributed by atoms with van der Waals surface area (Å²) in [6.45, 7) is 10.0. The summed E-state index contributed by atoms with van der Waals surface area (Å²) in [5.74, 6) is -3.34. The summed E-state index contributed by atoms with van der Waals surface area (Å²) in [7, 11) is 0. The Morgan fingerprint density at radius 3 is 1.96 bits per heavy atom. The van der Waals surface area contributed by atoms with Gasteiger partial charge in [-0.15, -0.1) is 0 Å². The fraction of sp³-hybridized carbons (Fsp3) is 0.652. The van der Waals surface area contributed by atoms with Crippen molar-refractivity contribution in [3.63, 3.8) is 0 Å². The number of hydrogen-bond acceptors (Lipinski definition) is 3. The van der Waals surface area contributed by atoms with E-state index < -0.39 is 23.8 Å². The third kappa shape index (κ3) is 6.54. The Labute approximate surface area is 169 Å². The van der Waals surface area contributed by atoms with Gasteiger partial charge in [0.25, 0.3) is 0 Å². The summed E-state index contributed by atoms with van der Waals surface area (Å²) in [4.78, 5) is 24.0. The van der Waals surface area contributed by atoms with Gasteiger partial charge in [-0.25, -0.2) is 0 Å². The lowest BCUT2D eigenvalue weighted by molar-refractivity contribution is -0.141. The van der Waals surface area contributed by atoms with Gasteiger partial charge in [0.15, 0.2) is 0 Å². The average molecular weight is 393 g/mol. The first-order valence-corrected chi connectivity index (χ1v) is 10.4. The maximum absolute atomic E-state index is 12.1. The first kappa shape index (κ1) is 24.0. The molecule has 158 valence electrons. The topological polar surface area (TPSA) is 83.8 Å². The second kappa shape index (κ2) is 11.7. The fourth-order valence-corrected chi connectivity index (χ4v) is 3.70. The van der Waals surface area contributed by atoms with Gasteiger partial charge in [-0.1, -0.05) is 72.4 Å². The van der Waals surface area contributed by atoms with Crippen molar-refractivity contribution in [3.8, 4) is 5.75 Å². The van der Waals surface area contributed by atoms with E-state index in [0.29, 0.717) is 23.5 Å². The Morgan fingerprint density at radius 2 is 1.46 bits per heavy atom. The van der Waals surface area contributed by atoms with Gasteiger partial charge >= 0.3 is 11.9 Å². The largest absolute Gasteiger partial charge is 0.493 e. The van der Waals surface area contributed by atoms with Gasteiger partial charge < -0.3 is 14.9 Å². The Bertz CT molecular complexity index is 636. The average Bonchev–Trinajstić information content (AvgIpc) is 2.58. The van der Waals surface area contributed by atoms with Crippen LogP contribution in [0, 0.1) is 11.8 Å². The van der Waals surface area contributed by atoms with Crippen LogP contribution in [-0.2, 0) is 9.59 Å². The van der Waals surface area contributed by atoms with Gasteiger partial charge in [0.2, 0.25) is 0 Å². The lowest BCUT2D eigenvalue weighted by Gasteiger charge is -2.27. The SMILES string of the molecule is CCCCCCCOc1cccc(C(C(=O)O)C(C)C)c1C(C(=O)O)C(C)C. The van der Waals surface area contributed by atoms with Gasteiger partial charge in [0.1, 0.15) is 5.75 Å². The fourth-order valence-electron chi connectivity index (χ4n) is 3.70. The molecule has 0 spiro atoms. The van der Waals surface area contributed by atoms with Crippen LogP contribution in [0.2, 0.25) is 0 Å². The molecule has 1 rings (SSSR count). The quantitative estimate of drug-likeness (QED) is 0.422. The summed E-state index contributed by atoms with van der Waals surface area (Å²) in [5, 5.41) is 19.7. The molecule has 5 nitrogen and oxygen atoms in total. The van der Waals surface area contributed by atoms with E-state index in [2.05, 4.69) is 6.92 Å². The van der Waals surface area contributed by atoms with E-state index in [0.717, 1.165) is 19.3 Å². The minimum Gasteiger partial charge on any atom is -0.493 e. The van der Waals surface area contributed by atoms with E-state index in [1.54, 1.807) is 18.2 Å². The van der Waals surface area contributed by atoms with Crippen molar-refractivity contribution in [2.45, 2.75) is 78.6 Å². The number of carbonyl (C=O) groups is 2. The minimum atomic E-state index is -0.955. The van der Waals surface area contributed by atoms with Crippen LogP contribution in [0.3, 0.4) is 0 Å². The second-order valence-electron chi connectivity index (χ2n) is 8.14. The Morgan fingerprint density at radius 1 is 0.893 bits per heavy atom. The molecule has 0 aliphatic rings. The maximum atomic E-state index is 12.1. The molecule has 0 heterocycles. The van der Waals surface area contributed by atoms with Crippen molar-refractivity contribution in [1.82, 2.24) is 0 Å². The Kier molecular flexibility index (Phi) is 10.0. The molecule has 0 aliphatic carbocycles. The van der Waals surface area contributed by atoms with Crippen LogP contribution in [0.5, 0.6) is 5.75 Å². The molecule has 5 heteroatoms. The smallest absolute Gasteiger partial charge is 0.311 e. The molecule has 2 N–H and O–H groups in total. The zero-order chi connectivity index (χ0) is 21.3. The van der Waals surface area contributed by atoms with Crippen molar-refractivity contribution >= 4 is 11.9 Å². The van der Waals surface area contributed by atoms with Gasteiger partial charge in [-0.3, -0.25) is 9.59 Å². The third-order valence-corrected chi connectivity index (χ3v) is 5.12. The van der Waals surface area contributed by atoms with Crippen molar-refractivity contribution in [2.75, 3.05) is 6.61 Å². The first-order valence-electron chi connectivity index (χ1n) is 10.4. The predicted molar refractivity (Wildman–Crippen MR) is 111 cm³/mol. The second-order valence-corrected chi connectivity index (χ2v) is 8.14. The van der Waals surface area contributed by atoms with E-state index in [1.165, 1.54) is 12.8 Å². The molecule has 2 atom stereocenters. The van der Waals surface area contributed by atoms with Crippen LogP contribution in [0.1, 0.15) is 89.7 Å². The molecule has 0 radical (unpaired) electrons. The maximum Gasteiger partial charge on any atom is 0.311 e. The van der Waals surface area contributed by atoms with Crippen LogP contribution in [0.25, 0.3) is 0 Å². The number of benzene rings is 1. The molecule has 0 bridgehead atoms. The molecular weight excluding hydrogens is 356 g/mol. The van der Waals surface area contributed by atoms with Gasteiger partial charge in [-0.2, -0.15) is 0 Å². The van der Waals surface area contributed by atoms with Crippen LogP contribution in [0.4, 0.5) is 0 Å². The molecule has 0 saturated carbocycles. The molecule has 0 aliphatic heterocycles. The number of aliphatic carboxylic acids is 2. The summed E-state index contributed by atoms with van der Waals surface area (Å²) < 4.78 is 5.99. The highest BCUT2D eigenvalue weighted by Gasteiger charge is 2.35.